The zero-order valence-electron chi connectivity index (χ0n) is 11.5. The lowest BCUT2D eigenvalue weighted by Gasteiger charge is -2.01. The summed E-state index contributed by atoms with van der Waals surface area (Å²) in [6.07, 6.45) is 0.338. The molecule has 112 valence electrons. The molecule has 0 unspecified atom stereocenters. The maximum Gasteiger partial charge on any atom is 0.346 e. The first kappa shape index (κ1) is 14.4. The molecule has 0 aliphatic rings. The minimum Gasteiger partial charge on any atom is -0.477 e. The lowest BCUT2D eigenvalue weighted by molar-refractivity contribution is 0.0701. The van der Waals surface area contributed by atoms with Crippen LogP contribution in [0.3, 0.4) is 0 Å². The van der Waals surface area contributed by atoms with Gasteiger partial charge in [-0.3, -0.25) is 4.79 Å². The van der Waals surface area contributed by atoms with Gasteiger partial charge in [0.25, 0.3) is 5.56 Å². The molecule has 0 aliphatic carbocycles. The highest BCUT2D eigenvalue weighted by Gasteiger charge is 2.18. The topological polar surface area (TPSA) is 83.0 Å². The van der Waals surface area contributed by atoms with Gasteiger partial charge in [-0.2, -0.15) is 0 Å². The molecule has 0 atom stereocenters. The number of nitrogens with zero attached hydrogens (tertiary/aromatic N) is 1. The zero-order valence-corrected chi connectivity index (χ0v) is 12.3. The van der Waals surface area contributed by atoms with Crippen molar-refractivity contribution >= 4 is 27.5 Å². The summed E-state index contributed by atoms with van der Waals surface area (Å²) in [4.78, 5) is 30.8. The van der Waals surface area contributed by atoms with Crippen molar-refractivity contribution in [1.29, 1.82) is 0 Å². The molecule has 1 aromatic carbocycles. The van der Waals surface area contributed by atoms with E-state index in [0.717, 1.165) is 16.9 Å². The third-order valence-corrected chi connectivity index (χ3v) is 4.50. The van der Waals surface area contributed by atoms with Crippen molar-refractivity contribution in [2.45, 2.75) is 13.3 Å². The van der Waals surface area contributed by atoms with Crippen molar-refractivity contribution in [1.82, 2.24) is 9.97 Å². The summed E-state index contributed by atoms with van der Waals surface area (Å²) in [5.41, 5.74) is 0.869. The van der Waals surface area contributed by atoms with Gasteiger partial charge >= 0.3 is 5.97 Å². The number of carbonyl (C=O) groups is 1. The monoisotopic (exact) mass is 318 g/mol. The number of aromatic amines is 1. The molecular formula is C15H11FN2O3S. The third kappa shape index (κ3) is 2.50. The fraction of sp³-hybridized carbons (Fsp3) is 0.133. The van der Waals surface area contributed by atoms with Crippen LogP contribution in [0.2, 0.25) is 0 Å². The molecule has 0 saturated carbocycles. The number of rotatable bonds is 3. The van der Waals surface area contributed by atoms with Gasteiger partial charge in [-0.15, -0.1) is 11.3 Å². The van der Waals surface area contributed by atoms with Crippen molar-refractivity contribution in [3.05, 3.63) is 62.3 Å². The molecule has 0 amide bonds. The first-order valence-corrected chi connectivity index (χ1v) is 7.27. The lowest BCUT2D eigenvalue weighted by atomic mass is 10.1. The number of hydrogen-bond acceptors (Lipinski definition) is 4. The molecule has 5 nitrogen and oxygen atoms in total. The Morgan fingerprint density at radius 3 is 2.68 bits per heavy atom. The Morgan fingerprint density at radius 2 is 2.05 bits per heavy atom. The SMILES string of the molecule is Cc1c(C(=O)O)sc2nc(Cc3ccc(F)cc3)[nH]c(=O)c12. The molecule has 0 bridgehead atoms. The van der Waals surface area contributed by atoms with Gasteiger partial charge in [0.1, 0.15) is 21.3 Å². The highest BCUT2D eigenvalue weighted by molar-refractivity contribution is 7.20. The normalized spacial score (nSPS) is 11.0. The van der Waals surface area contributed by atoms with E-state index in [2.05, 4.69) is 9.97 Å². The standard InChI is InChI=1S/C15H11FN2O3S/c1-7-11-13(19)17-10(6-8-2-4-9(16)5-3-8)18-14(11)22-12(7)15(20)21/h2-5H,6H2,1H3,(H,20,21)(H,17,18,19). The second-order valence-electron chi connectivity index (χ2n) is 4.86. The van der Waals surface area contributed by atoms with Crippen molar-refractivity contribution < 1.29 is 14.3 Å². The van der Waals surface area contributed by atoms with E-state index in [-0.39, 0.29) is 16.3 Å². The minimum absolute atomic E-state index is 0.118. The van der Waals surface area contributed by atoms with Crippen LogP contribution < -0.4 is 5.56 Å². The van der Waals surface area contributed by atoms with Crippen LogP contribution in [0, 0.1) is 12.7 Å². The first-order chi connectivity index (χ1) is 10.5. The Hall–Kier alpha value is -2.54. The van der Waals surface area contributed by atoms with Crippen LogP contribution in [0.5, 0.6) is 0 Å². The van der Waals surface area contributed by atoms with Crippen molar-refractivity contribution in [2.24, 2.45) is 0 Å². The summed E-state index contributed by atoms with van der Waals surface area (Å²) in [5, 5.41) is 9.43. The molecule has 0 fully saturated rings. The summed E-state index contributed by atoms with van der Waals surface area (Å²) in [6, 6.07) is 5.90. The van der Waals surface area contributed by atoms with Crippen LogP contribution in [0.4, 0.5) is 4.39 Å². The van der Waals surface area contributed by atoms with Crippen LogP contribution in [0.1, 0.15) is 26.6 Å². The maximum absolute atomic E-state index is 12.9. The van der Waals surface area contributed by atoms with E-state index in [0.29, 0.717) is 28.0 Å². The lowest BCUT2D eigenvalue weighted by Crippen LogP contribution is -2.12. The number of carboxylic acids is 1. The van der Waals surface area contributed by atoms with Gasteiger partial charge in [-0.25, -0.2) is 14.2 Å². The molecule has 0 radical (unpaired) electrons. The average molecular weight is 318 g/mol. The van der Waals surface area contributed by atoms with E-state index in [1.807, 2.05) is 0 Å². The van der Waals surface area contributed by atoms with E-state index in [9.17, 15) is 14.0 Å². The molecular weight excluding hydrogens is 307 g/mol. The summed E-state index contributed by atoms with van der Waals surface area (Å²) in [6.45, 7) is 1.60. The number of halogens is 1. The molecule has 3 aromatic rings. The molecule has 3 rings (SSSR count). The third-order valence-electron chi connectivity index (χ3n) is 3.33. The average Bonchev–Trinajstić information content (AvgIpc) is 2.79. The number of thiophene rings is 1. The molecule has 2 aromatic heterocycles. The number of aromatic nitrogens is 2. The van der Waals surface area contributed by atoms with Gasteiger partial charge in [-0.1, -0.05) is 12.1 Å². The Bertz CT molecular complexity index is 928. The molecule has 0 aliphatic heterocycles. The molecule has 0 spiro atoms. The van der Waals surface area contributed by atoms with E-state index in [4.69, 9.17) is 5.11 Å². The van der Waals surface area contributed by atoms with E-state index in [1.54, 1.807) is 19.1 Å². The van der Waals surface area contributed by atoms with Gasteiger partial charge in [-0.05, 0) is 30.2 Å². The Labute approximate surface area is 128 Å². The summed E-state index contributed by atoms with van der Waals surface area (Å²) < 4.78 is 12.9. The second-order valence-corrected chi connectivity index (χ2v) is 5.86. The van der Waals surface area contributed by atoms with Crippen molar-refractivity contribution in [3.63, 3.8) is 0 Å². The highest BCUT2D eigenvalue weighted by atomic mass is 32.1. The number of aryl methyl sites for hydroxylation is 1. The summed E-state index contributed by atoms with van der Waals surface area (Å²) >= 11 is 0.983. The molecule has 2 N–H and O–H groups in total. The van der Waals surface area contributed by atoms with Crippen LogP contribution in [0.25, 0.3) is 10.2 Å². The highest BCUT2D eigenvalue weighted by Crippen LogP contribution is 2.27. The van der Waals surface area contributed by atoms with Crippen LogP contribution in [-0.2, 0) is 6.42 Å². The van der Waals surface area contributed by atoms with Crippen molar-refractivity contribution in [3.8, 4) is 0 Å². The molecule has 2 heterocycles. The maximum atomic E-state index is 12.9. The predicted octanol–water partition coefficient (Wildman–Crippen LogP) is 2.72. The number of carboxylic acid groups (broad SMARTS) is 1. The van der Waals surface area contributed by atoms with E-state index < -0.39 is 5.97 Å². The number of benzene rings is 1. The second kappa shape index (κ2) is 5.34. The van der Waals surface area contributed by atoms with E-state index in [1.165, 1.54) is 12.1 Å². The fourth-order valence-corrected chi connectivity index (χ4v) is 3.31. The Balaban J connectivity index is 2.07. The van der Waals surface area contributed by atoms with Gasteiger partial charge in [0.05, 0.1) is 5.39 Å². The van der Waals surface area contributed by atoms with Gasteiger partial charge in [0, 0.05) is 6.42 Å². The quantitative estimate of drug-likeness (QED) is 0.778. The number of H-pyrrole nitrogens is 1. The number of nitrogens with one attached hydrogen (secondary N) is 1. The van der Waals surface area contributed by atoms with Gasteiger partial charge in [0.2, 0.25) is 0 Å². The number of fused-ring (bicyclic) bond motifs is 1. The molecule has 7 heteroatoms. The smallest absolute Gasteiger partial charge is 0.346 e. The van der Waals surface area contributed by atoms with Gasteiger partial charge in [0.15, 0.2) is 0 Å². The molecule has 0 saturated heterocycles. The zero-order chi connectivity index (χ0) is 15.9. The van der Waals surface area contributed by atoms with Crippen LogP contribution >= 0.6 is 11.3 Å². The summed E-state index contributed by atoms with van der Waals surface area (Å²) in [7, 11) is 0. The minimum atomic E-state index is -1.07. The first-order valence-electron chi connectivity index (χ1n) is 6.45. The van der Waals surface area contributed by atoms with E-state index >= 15 is 0 Å². The van der Waals surface area contributed by atoms with Crippen molar-refractivity contribution in [2.75, 3.05) is 0 Å². The van der Waals surface area contributed by atoms with Crippen LogP contribution in [-0.4, -0.2) is 21.0 Å². The molecule has 22 heavy (non-hydrogen) atoms. The van der Waals surface area contributed by atoms with Gasteiger partial charge < -0.3 is 10.1 Å². The summed E-state index contributed by atoms with van der Waals surface area (Å²) in [5.74, 6) is -0.983. The Morgan fingerprint density at radius 1 is 1.36 bits per heavy atom. The largest absolute Gasteiger partial charge is 0.477 e. The number of aromatic carboxylic acids is 1. The Kier molecular flexibility index (Phi) is 3.50. The fourth-order valence-electron chi connectivity index (χ4n) is 2.27. The predicted molar refractivity (Wildman–Crippen MR) is 81.1 cm³/mol. The van der Waals surface area contributed by atoms with Crippen LogP contribution in [0.15, 0.2) is 29.1 Å². The number of hydrogen-bond donors (Lipinski definition) is 2.